The van der Waals surface area contributed by atoms with Crippen molar-refractivity contribution in [2.24, 2.45) is 0 Å². The van der Waals surface area contributed by atoms with Gasteiger partial charge in [0.25, 0.3) is 5.91 Å². The summed E-state index contributed by atoms with van der Waals surface area (Å²) in [6, 6.07) is 8.90. The SMILES string of the molecule is CCN(c1cccc2c1C/C=C/CCc1cc(C)nc(C)c1CNC2=O)C1CCNCC1. The van der Waals surface area contributed by atoms with E-state index in [-0.39, 0.29) is 5.91 Å². The average molecular weight is 433 g/mol. The van der Waals surface area contributed by atoms with Gasteiger partial charge in [-0.2, -0.15) is 0 Å². The topological polar surface area (TPSA) is 57.3 Å². The van der Waals surface area contributed by atoms with Crippen molar-refractivity contribution in [1.82, 2.24) is 15.6 Å². The fraction of sp³-hybridized carbons (Fsp3) is 0.481. The molecule has 1 fully saturated rings. The van der Waals surface area contributed by atoms with Crippen LogP contribution in [0.25, 0.3) is 0 Å². The molecule has 5 heteroatoms. The Morgan fingerprint density at radius 3 is 2.72 bits per heavy atom. The highest BCUT2D eigenvalue weighted by Crippen LogP contribution is 2.29. The minimum atomic E-state index is 0.00288. The van der Waals surface area contributed by atoms with Crippen molar-refractivity contribution in [3.63, 3.8) is 0 Å². The molecule has 0 atom stereocenters. The molecule has 0 radical (unpaired) electrons. The van der Waals surface area contributed by atoms with Crippen molar-refractivity contribution >= 4 is 11.6 Å². The Kier molecular flexibility index (Phi) is 7.26. The standard InChI is InChI=1S/C27H36N4O/c1-4-31(22-13-15-28-16-14-22)26-12-8-11-24-23(26)10-7-5-6-9-21-17-19(2)30-20(3)25(21)18-29-27(24)32/h5,7-8,11-12,17,22,28H,4,6,9-10,13-16,18H2,1-3H3,(H,29,32)/b7-5+. The molecule has 0 aliphatic carbocycles. The fourth-order valence-electron chi connectivity index (χ4n) is 5.24. The molecule has 0 spiro atoms. The van der Waals surface area contributed by atoms with E-state index >= 15 is 0 Å². The second kappa shape index (κ2) is 10.3. The van der Waals surface area contributed by atoms with E-state index in [2.05, 4.69) is 51.7 Å². The van der Waals surface area contributed by atoms with Gasteiger partial charge in [0.15, 0.2) is 0 Å². The highest BCUT2D eigenvalue weighted by atomic mass is 16.1. The Morgan fingerprint density at radius 2 is 1.94 bits per heavy atom. The zero-order valence-electron chi connectivity index (χ0n) is 19.7. The number of pyridine rings is 1. The number of aromatic nitrogens is 1. The number of nitrogens with one attached hydrogen (secondary N) is 2. The third kappa shape index (κ3) is 4.88. The van der Waals surface area contributed by atoms with Gasteiger partial charge in [0.05, 0.1) is 0 Å². The van der Waals surface area contributed by atoms with Crippen molar-refractivity contribution in [3.8, 4) is 0 Å². The molecule has 2 N–H and O–H groups in total. The van der Waals surface area contributed by atoms with Crippen LogP contribution >= 0.6 is 0 Å². The van der Waals surface area contributed by atoms with Crippen molar-refractivity contribution in [2.45, 2.75) is 65.5 Å². The summed E-state index contributed by atoms with van der Waals surface area (Å²) in [5, 5.41) is 6.68. The van der Waals surface area contributed by atoms with Crippen molar-refractivity contribution in [1.29, 1.82) is 0 Å². The summed E-state index contributed by atoms with van der Waals surface area (Å²) in [4.78, 5) is 20.5. The number of fused-ring (bicyclic) bond motifs is 2. The molecule has 0 bridgehead atoms. The van der Waals surface area contributed by atoms with Crippen molar-refractivity contribution in [3.05, 3.63) is 70.1 Å². The van der Waals surface area contributed by atoms with Crippen LogP contribution < -0.4 is 15.5 Å². The molecule has 32 heavy (non-hydrogen) atoms. The fourth-order valence-corrected chi connectivity index (χ4v) is 5.24. The van der Waals surface area contributed by atoms with Gasteiger partial charge in [-0.15, -0.1) is 0 Å². The second-order valence-corrected chi connectivity index (χ2v) is 8.95. The summed E-state index contributed by atoms with van der Waals surface area (Å²) >= 11 is 0. The Hall–Kier alpha value is -2.66. The summed E-state index contributed by atoms with van der Waals surface area (Å²) in [7, 11) is 0. The number of carbonyl (C=O) groups is 1. The molecule has 1 saturated heterocycles. The van der Waals surface area contributed by atoms with Gasteiger partial charge in [-0.1, -0.05) is 18.2 Å². The first kappa shape index (κ1) is 22.5. The zero-order chi connectivity index (χ0) is 22.5. The van der Waals surface area contributed by atoms with Gasteiger partial charge < -0.3 is 15.5 Å². The predicted molar refractivity (Wildman–Crippen MR) is 131 cm³/mol. The number of nitrogens with zero attached hydrogens (tertiary/aromatic N) is 2. The Morgan fingerprint density at radius 1 is 1.12 bits per heavy atom. The first-order valence-electron chi connectivity index (χ1n) is 12.1. The summed E-state index contributed by atoms with van der Waals surface area (Å²) in [6.45, 7) is 9.89. The number of carbonyl (C=O) groups excluding carboxylic acids is 1. The molecule has 4 rings (SSSR count). The lowest BCUT2D eigenvalue weighted by Crippen LogP contribution is -2.43. The maximum absolute atomic E-state index is 13.4. The molecule has 0 unspecified atom stereocenters. The van der Waals surface area contributed by atoms with E-state index in [4.69, 9.17) is 0 Å². The number of allylic oxidation sites excluding steroid dienone is 2. The normalized spacial score (nSPS) is 18.5. The zero-order valence-corrected chi connectivity index (χ0v) is 19.7. The van der Waals surface area contributed by atoms with Crippen LogP contribution in [0, 0.1) is 13.8 Å². The van der Waals surface area contributed by atoms with Gasteiger partial charge in [0.1, 0.15) is 0 Å². The van der Waals surface area contributed by atoms with Crippen molar-refractivity contribution in [2.75, 3.05) is 24.5 Å². The number of amides is 1. The third-order valence-electron chi connectivity index (χ3n) is 6.84. The van der Waals surface area contributed by atoms with Crippen LogP contribution in [0.1, 0.15) is 64.6 Å². The van der Waals surface area contributed by atoms with Crippen LogP contribution in [0.2, 0.25) is 0 Å². The molecule has 2 aliphatic heterocycles. The number of piperidine rings is 1. The maximum Gasteiger partial charge on any atom is 0.251 e. The Balaban J connectivity index is 1.69. The molecule has 3 heterocycles. The lowest BCUT2D eigenvalue weighted by molar-refractivity contribution is 0.0950. The molecule has 2 aromatic rings. The molecule has 1 amide bonds. The molecule has 1 aromatic carbocycles. The highest BCUT2D eigenvalue weighted by molar-refractivity contribution is 5.97. The van der Waals surface area contributed by atoms with Gasteiger partial charge in [-0.3, -0.25) is 9.78 Å². The number of aryl methyl sites for hydroxylation is 3. The minimum absolute atomic E-state index is 0.00288. The van der Waals surface area contributed by atoms with E-state index in [1.54, 1.807) is 0 Å². The second-order valence-electron chi connectivity index (χ2n) is 8.95. The molecule has 1 aromatic heterocycles. The minimum Gasteiger partial charge on any atom is -0.368 e. The maximum atomic E-state index is 13.4. The first-order chi connectivity index (χ1) is 15.6. The quantitative estimate of drug-likeness (QED) is 0.712. The molecule has 0 saturated carbocycles. The first-order valence-corrected chi connectivity index (χ1v) is 12.1. The molecule has 170 valence electrons. The van der Waals surface area contributed by atoms with E-state index in [1.165, 1.54) is 11.3 Å². The van der Waals surface area contributed by atoms with E-state index in [0.717, 1.165) is 79.8 Å². The number of hydrogen-bond donors (Lipinski definition) is 2. The average Bonchev–Trinajstić information content (AvgIpc) is 2.79. The highest BCUT2D eigenvalue weighted by Gasteiger charge is 2.24. The smallest absolute Gasteiger partial charge is 0.251 e. The van der Waals surface area contributed by atoms with Crippen LogP contribution in [0.4, 0.5) is 5.69 Å². The number of anilines is 1. The van der Waals surface area contributed by atoms with Gasteiger partial charge in [-0.05, 0) is 101 Å². The van der Waals surface area contributed by atoms with Crippen LogP contribution in [0.15, 0.2) is 36.4 Å². The lowest BCUT2D eigenvalue weighted by Gasteiger charge is -2.37. The summed E-state index contributed by atoms with van der Waals surface area (Å²) in [5.74, 6) is 0.00288. The third-order valence-corrected chi connectivity index (χ3v) is 6.84. The van der Waals surface area contributed by atoms with Crippen LogP contribution in [0.5, 0.6) is 0 Å². The summed E-state index contributed by atoms with van der Waals surface area (Å²) in [5.41, 5.74) is 7.64. The summed E-state index contributed by atoms with van der Waals surface area (Å²) in [6.07, 6.45) is 9.54. The number of benzene rings is 1. The van der Waals surface area contributed by atoms with E-state index < -0.39 is 0 Å². The van der Waals surface area contributed by atoms with Crippen LogP contribution in [-0.2, 0) is 19.4 Å². The summed E-state index contributed by atoms with van der Waals surface area (Å²) < 4.78 is 0. The van der Waals surface area contributed by atoms with Gasteiger partial charge in [0.2, 0.25) is 0 Å². The molecule has 5 nitrogen and oxygen atoms in total. The number of rotatable bonds is 3. The largest absolute Gasteiger partial charge is 0.368 e. The van der Waals surface area contributed by atoms with Gasteiger partial charge >= 0.3 is 0 Å². The van der Waals surface area contributed by atoms with Crippen molar-refractivity contribution < 1.29 is 4.79 Å². The molecule has 2 aliphatic rings. The van der Waals surface area contributed by atoms with Gasteiger partial charge in [-0.25, -0.2) is 0 Å². The van der Waals surface area contributed by atoms with E-state index in [1.807, 2.05) is 26.0 Å². The van der Waals surface area contributed by atoms with Crippen LogP contribution in [-0.4, -0.2) is 36.6 Å². The monoisotopic (exact) mass is 432 g/mol. The predicted octanol–water partition coefficient (Wildman–Crippen LogP) is 4.25. The molecular weight excluding hydrogens is 396 g/mol. The van der Waals surface area contributed by atoms with Gasteiger partial charge in [0, 0.05) is 41.8 Å². The molecular formula is C27H36N4O. The van der Waals surface area contributed by atoms with Crippen LogP contribution in [0.3, 0.4) is 0 Å². The number of hydrogen-bond acceptors (Lipinski definition) is 4. The lowest BCUT2D eigenvalue weighted by atomic mass is 9.95. The Labute approximate surface area is 192 Å². The Bertz CT molecular complexity index is 991. The van der Waals surface area contributed by atoms with E-state index in [0.29, 0.717) is 12.6 Å². The van der Waals surface area contributed by atoms with E-state index in [9.17, 15) is 4.79 Å².